The van der Waals surface area contributed by atoms with Crippen molar-refractivity contribution < 1.29 is 9.59 Å². The summed E-state index contributed by atoms with van der Waals surface area (Å²) in [5.41, 5.74) is 0. The summed E-state index contributed by atoms with van der Waals surface area (Å²) in [5, 5.41) is 2.60. The van der Waals surface area contributed by atoms with Gasteiger partial charge < -0.3 is 10.2 Å². The second-order valence-electron chi connectivity index (χ2n) is 5.02. The molecule has 0 aliphatic carbocycles. The third-order valence-corrected chi connectivity index (χ3v) is 3.14. The minimum Gasteiger partial charge on any atom is -0.345 e. The first-order valence-electron chi connectivity index (χ1n) is 6.02. The van der Waals surface area contributed by atoms with E-state index in [0.717, 1.165) is 12.8 Å². The zero-order valence-corrected chi connectivity index (χ0v) is 10.6. The summed E-state index contributed by atoms with van der Waals surface area (Å²) in [6.07, 6.45) is 2.04. The van der Waals surface area contributed by atoms with Crippen LogP contribution in [0.4, 0.5) is 0 Å². The van der Waals surface area contributed by atoms with E-state index in [1.807, 2.05) is 6.92 Å². The van der Waals surface area contributed by atoms with Gasteiger partial charge in [-0.1, -0.05) is 13.8 Å². The minimum absolute atomic E-state index is 0.0309. The largest absolute Gasteiger partial charge is 0.345 e. The Morgan fingerprint density at radius 3 is 2.50 bits per heavy atom. The van der Waals surface area contributed by atoms with Crippen LogP contribution < -0.4 is 5.32 Å². The summed E-state index contributed by atoms with van der Waals surface area (Å²) >= 11 is 0. The molecule has 1 saturated heterocycles. The van der Waals surface area contributed by atoms with Crippen molar-refractivity contribution in [2.75, 3.05) is 6.54 Å². The normalized spacial score (nSPS) is 23.6. The van der Waals surface area contributed by atoms with Gasteiger partial charge in [-0.15, -0.1) is 0 Å². The Kier molecular flexibility index (Phi) is 4.33. The molecule has 0 saturated carbocycles. The summed E-state index contributed by atoms with van der Waals surface area (Å²) < 4.78 is 0. The molecule has 0 aromatic carbocycles. The van der Waals surface area contributed by atoms with Gasteiger partial charge >= 0.3 is 0 Å². The van der Waals surface area contributed by atoms with Crippen LogP contribution in [0, 0.1) is 5.92 Å². The number of amides is 2. The Morgan fingerprint density at radius 2 is 1.94 bits per heavy atom. The first-order valence-corrected chi connectivity index (χ1v) is 6.02. The molecule has 16 heavy (non-hydrogen) atoms. The number of nitrogens with one attached hydrogen (secondary N) is 1. The number of carbonyl (C=O) groups excluding carboxylic acids is 2. The third-order valence-electron chi connectivity index (χ3n) is 3.14. The first-order chi connectivity index (χ1) is 7.43. The summed E-state index contributed by atoms with van der Waals surface area (Å²) in [7, 11) is 0. The van der Waals surface area contributed by atoms with Gasteiger partial charge in [-0.3, -0.25) is 9.59 Å². The fourth-order valence-corrected chi connectivity index (χ4v) is 2.09. The second-order valence-corrected chi connectivity index (χ2v) is 5.02. The first kappa shape index (κ1) is 13.0. The van der Waals surface area contributed by atoms with Crippen LogP contribution in [0.1, 0.15) is 40.5 Å². The van der Waals surface area contributed by atoms with Crippen molar-refractivity contribution in [3.8, 4) is 0 Å². The van der Waals surface area contributed by atoms with Crippen molar-refractivity contribution in [2.24, 2.45) is 5.92 Å². The quantitative estimate of drug-likeness (QED) is 0.782. The second kappa shape index (κ2) is 5.32. The highest BCUT2D eigenvalue weighted by Gasteiger charge is 2.33. The number of carbonyl (C=O) groups is 2. The van der Waals surface area contributed by atoms with Crippen LogP contribution in [-0.2, 0) is 9.59 Å². The molecule has 4 heteroatoms. The number of hydrogen-bond acceptors (Lipinski definition) is 2. The van der Waals surface area contributed by atoms with E-state index in [2.05, 4.69) is 19.2 Å². The van der Waals surface area contributed by atoms with E-state index in [1.54, 1.807) is 11.8 Å². The molecule has 2 atom stereocenters. The Morgan fingerprint density at radius 1 is 1.31 bits per heavy atom. The smallest absolute Gasteiger partial charge is 0.242 e. The van der Waals surface area contributed by atoms with Gasteiger partial charge in [0, 0.05) is 6.04 Å². The average molecular weight is 226 g/mol. The fourth-order valence-electron chi connectivity index (χ4n) is 2.09. The maximum Gasteiger partial charge on any atom is 0.242 e. The zero-order chi connectivity index (χ0) is 12.3. The molecule has 1 fully saturated rings. The topological polar surface area (TPSA) is 49.4 Å². The van der Waals surface area contributed by atoms with Gasteiger partial charge in [-0.05, 0) is 32.6 Å². The third kappa shape index (κ3) is 2.97. The van der Waals surface area contributed by atoms with Gasteiger partial charge in [-0.2, -0.15) is 0 Å². The number of piperazine rings is 1. The molecule has 0 spiro atoms. The molecule has 2 amide bonds. The SMILES string of the molecule is CC(C)CCC(C)N1C(=O)CNC(=O)C1C. The summed E-state index contributed by atoms with van der Waals surface area (Å²) in [4.78, 5) is 25.0. The van der Waals surface area contributed by atoms with Crippen molar-refractivity contribution in [1.29, 1.82) is 0 Å². The molecule has 0 aromatic rings. The zero-order valence-electron chi connectivity index (χ0n) is 10.6. The van der Waals surface area contributed by atoms with E-state index in [4.69, 9.17) is 0 Å². The number of nitrogens with zero attached hydrogens (tertiary/aromatic N) is 1. The molecule has 2 unspecified atom stereocenters. The van der Waals surface area contributed by atoms with Gasteiger partial charge in [0.1, 0.15) is 6.04 Å². The molecule has 92 valence electrons. The van der Waals surface area contributed by atoms with Crippen LogP contribution in [0.5, 0.6) is 0 Å². The van der Waals surface area contributed by atoms with Crippen LogP contribution in [0.15, 0.2) is 0 Å². The fraction of sp³-hybridized carbons (Fsp3) is 0.833. The predicted octanol–water partition coefficient (Wildman–Crippen LogP) is 1.16. The molecular weight excluding hydrogens is 204 g/mol. The van der Waals surface area contributed by atoms with Crippen LogP contribution in [0.2, 0.25) is 0 Å². The molecule has 1 rings (SSSR count). The van der Waals surface area contributed by atoms with E-state index in [0.29, 0.717) is 5.92 Å². The lowest BCUT2D eigenvalue weighted by Gasteiger charge is -2.37. The van der Waals surface area contributed by atoms with Gasteiger partial charge in [0.05, 0.1) is 6.54 Å². The Labute approximate surface area is 97.4 Å². The standard InChI is InChI=1S/C12H22N2O2/c1-8(2)5-6-9(3)14-10(4)12(16)13-7-11(14)15/h8-10H,5-7H2,1-4H3,(H,13,16). The summed E-state index contributed by atoms with van der Waals surface area (Å²) in [6, 6.07) is -0.181. The van der Waals surface area contributed by atoms with Gasteiger partial charge in [0.15, 0.2) is 0 Å². The molecule has 1 heterocycles. The Hall–Kier alpha value is -1.06. The van der Waals surface area contributed by atoms with E-state index in [-0.39, 0.29) is 30.4 Å². The molecule has 1 N–H and O–H groups in total. The lowest BCUT2D eigenvalue weighted by Crippen LogP contribution is -2.59. The Bertz CT molecular complexity index is 276. The molecule has 1 aliphatic heterocycles. The number of hydrogen-bond donors (Lipinski definition) is 1. The van der Waals surface area contributed by atoms with Gasteiger partial charge in [-0.25, -0.2) is 0 Å². The maximum atomic E-state index is 11.7. The van der Waals surface area contributed by atoms with Crippen molar-refractivity contribution >= 4 is 11.8 Å². The molecule has 0 radical (unpaired) electrons. The monoisotopic (exact) mass is 226 g/mol. The highest BCUT2D eigenvalue weighted by atomic mass is 16.2. The molecular formula is C12H22N2O2. The van der Waals surface area contributed by atoms with Crippen molar-refractivity contribution in [3.63, 3.8) is 0 Å². The number of rotatable bonds is 4. The molecule has 4 nitrogen and oxygen atoms in total. The Balaban J connectivity index is 2.60. The minimum atomic E-state index is -0.330. The van der Waals surface area contributed by atoms with Gasteiger partial charge in [0.2, 0.25) is 11.8 Å². The molecule has 0 bridgehead atoms. The summed E-state index contributed by atoms with van der Waals surface area (Å²) in [5.74, 6) is 0.617. The van der Waals surface area contributed by atoms with Crippen LogP contribution in [0.25, 0.3) is 0 Å². The van der Waals surface area contributed by atoms with Crippen LogP contribution >= 0.6 is 0 Å². The molecule has 1 aliphatic rings. The highest BCUT2D eigenvalue weighted by Crippen LogP contribution is 2.16. The van der Waals surface area contributed by atoms with Crippen LogP contribution in [0.3, 0.4) is 0 Å². The van der Waals surface area contributed by atoms with Crippen molar-refractivity contribution in [3.05, 3.63) is 0 Å². The van der Waals surface area contributed by atoms with Crippen LogP contribution in [-0.4, -0.2) is 35.3 Å². The predicted molar refractivity (Wildman–Crippen MR) is 62.9 cm³/mol. The average Bonchev–Trinajstić information content (AvgIpc) is 2.21. The summed E-state index contributed by atoms with van der Waals surface area (Å²) in [6.45, 7) is 8.30. The van der Waals surface area contributed by atoms with E-state index < -0.39 is 0 Å². The lowest BCUT2D eigenvalue weighted by atomic mass is 10.0. The maximum absolute atomic E-state index is 11.7. The van der Waals surface area contributed by atoms with Crippen molar-refractivity contribution in [2.45, 2.75) is 52.6 Å². The molecule has 0 aromatic heterocycles. The lowest BCUT2D eigenvalue weighted by molar-refractivity contribution is -0.147. The van der Waals surface area contributed by atoms with E-state index >= 15 is 0 Å². The van der Waals surface area contributed by atoms with Crippen molar-refractivity contribution in [1.82, 2.24) is 10.2 Å². The highest BCUT2D eigenvalue weighted by molar-refractivity contribution is 5.94. The van der Waals surface area contributed by atoms with E-state index in [1.165, 1.54) is 0 Å². The van der Waals surface area contributed by atoms with E-state index in [9.17, 15) is 9.59 Å². The van der Waals surface area contributed by atoms with Gasteiger partial charge in [0.25, 0.3) is 0 Å².